The molecule has 1 aliphatic heterocycles. The van der Waals surface area contributed by atoms with E-state index in [-0.39, 0.29) is 29.2 Å². The van der Waals surface area contributed by atoms with Crippen LogP contribution < -0.4 is 15.8 Å². The number of hydrogen-bond donors (Lipinski definition) is 2. The van der Waals surface area contributed by atoms with Gasteiger partial charge in [-0.1, -0.05) is 13.8 Å². The number of fused-ring (bicyclic) bond motifs is 3. The Hall–Kier alpha value is -4.67. The lowest BCUT2D eigenvalue weighted by atomic mass is 9.90. The molecule has 218 valence electrons. The number of aromatic nitrogens is 4. The zero-order chi connectivity index (χ0) is 29.9. The van der Waals surface area contributed by atoms with Gasteiger partial charge in [0.15, 0.2) is 5.82 Å². The fraction of sp³-hybridized carbons (Fsp3) is 0.355. The first-order chi connectivity index (χ1) is 19.9. The highest BCUT2D eigenvalue weighted by Crippen LogP contribution is 2.41. The smallest absolute Gasteiger partial charge is 0.302 e. The van der Waals surface area contributed by atoms with Crippen LogP contribution in [0.4, 0.5) is 21.6 Å². The van der Waals surface area contributed by atoms with Gasteiger partial charge in [-0.05, 0) is 60.6 Å². The highest BCUT2D eigenvalue weighted by Gasteiger charge is 2.37. The van der Waals surface area contributed by atoms with E-state index in [0.717, 1.165) is 18.5 Å². The summed E-state index contributed by atoms with van der Waals surface area (Å²) >= 11 is 0. The fourth-order valence-electron chi connectivity index (χ4n) is 6.16. The molecule has 6 rings (SSSR count). The summed E-state index contributed by atoms with van der Waals surface area (Å²) in [5.74, 6) is -0.841. The van der Waals surface area contributed by atoms with Crippen molar-refractivity contribution in [1.82, 2.24) is 19.3 Å². The zero-order valence-corrected chi connectivity index (χ0v) is 24.3. The van der Waals surface area contributed by atoms with E-state index >= 15 is 4.39 Å². The average molecular weight is 573 g/mol. The molecule has 2 aliphatic rings. The van der Waals surface area contributed by atoms with Gasteiger partial charge < -0.3 is 24.1 Å². The topological polar surface area (TPSA) is 114 Å². The molecule has 1 aromatic carbocycles. The summed E-state index contributed by atoms with van der Waals surface area (Å²) in [6, 6.07) is 7.97. The molecule has 0 bridgehead atoms. The lowest BCUT2D eigenvalue weighted by molar-refractivity contribution is -0.142. The predicted octanol–water partition coefficient (Wildman–Crippen LogP) is 4.62. The first kappa shape index (κ1) is 27.5. The number of aromatic amines is 1. The minimum atomic E-state index is -0.559. The normalized spacial score (nSPS) is 15.5. The van der Waals surface area contributed by atoms with Gasteiger partial charge in [-0.25, -0.2) is 4.39 Å². The molecule has 4 heterocycles. The summed E-state index contributed by atoms with van der Waals surface area (Å²) in [4.78, 5) is 40.3. The number of pyridine rings is 1. The van der Waals surface area contributed by atoms with Gasteiger partial charge in [0.2, 0.25) is 0 Å². The number of ether oxygens (including phenoxy) is 1. The van der Waals surface area contributed by atoms with Crippen molar-refractivity contribution in [2.75, 3.05) is 16.8 Å². The maximum absolute atomic E-state index is 15.4. The Kier molecular flexibility index (Phi) is 6.55. The van der Waals surface area contributed by atoms with Crippen molar-refractivity contribution in [2.24, 2.45) is 12.5 Å². The predicted molar refractivity (Wildman–Crippen MR) is 156 cm³/mol. The van der Waals surface area contributed by atoms with Crippen LogP contribution in [0.1, 0.15) is 53.8 Å². The second kappa shape index (κ2) is 10.0. The fourth-order valence-corrected chi connectivity index (χ4v) is 6.16. The van der Waals surface area contributed by atoms with Crippen LogP contribution in [0.15, 0.2) is 41.3 Å². The second-order valence-electron chi connectivity index (χ2n) is 12.0. The molecule has 2 N–H and O–H groups in total. The summed E-state index contributed by atoms with van der Waals surface area (Å²) < 4.78 is 24.3. The zero-order valence-electron chi connectivity index (χ0n) is 24.3. The van der Waals surface area contributed by atoms with Gasteiger partial charge in [0, 0.05) is 61.8 Å². The molecule has 0 radical (unpaired) electrons. The Labute approximate surface area is 242 Å². The molecule has 1 amide bonds. The number of carbonyl (C=O) groups is 2. The van der Waals surface area contributed by atoms with Crippen LogP contribution in [0.25, 0.3) is 11.1 Å². The number of esters is 1. The number of anilines is 3. The van der Waals surface area contributed by atoms with Crippen molar-refractivity contribution in [3.63, 3.8) is 0 Å². The van der Waals surface area contributed by atoms with Crippen LogP contribution in [-0.2, 0) is 42.6 Å². The van der Waals surface area contributed by atoms with E-state index in [9.17, 15) is 14.4 Å². The number of carbonyl (C=O) groups excluding carboxylic acids is 2. The molecule has 1 aliphatic carbocycles. The molecule has 4 aromatic rings. The van der Waals surface area contributed by atoms with Crippen LogP contribution in [0.2, 0.25) is 0 Å². The third-order valence-electron chi connectivity index (χ3n) is 7.99. The van der Waals surface area contributed by atoms with E-state index in [1.54, 1.807) is 30.3 Å². The van der Waals surface area contributed by atoms with Crippen molar-refractivity contribution in [3.8, 4) is 11.1 Å². The highest BCUT2D eigenvalue weighted by atomic mass is 19.1. The molecule has 0 spiro atoms. The Morgan fingerprint density at radius 1 is 1.14 bits per heavy atom. The first-order valence-electron chi connectivity index (χ1n) is 13.9. The summed E-state index contributed by atoms with van der Waals surface area (Å²) in [5, 5.41) is 10.00. The Morgan fingerprint density at radius 2 is 1.93 bits per heavy atom. The number of H-pyrrole nitrogens is 1. The number of rotatable bonds is 6. The van der Waals surface area contributed by atoms with E-state index in [2.05, 4.69) is 33.9 Å². The molecule has 11 heteroatoms. The van der Waals surface area contributed by atoms with Crippen LogP contribution in [0.5, 0.6) is 0 Å². The summed E-state index contributed by atoms with van der Waals surface area (Å²) in [7, 11) is 1.60. The van der Waals surface area contributed by atoms with Gasteiger partial charge in [-0.2, -0.15) is 5.10 Å². The van der Waals surface area contributed by atoms with Crippen molar-refractivity contribution in [2.45, 2.75) is 53.7 Å². The summed E-state index contributed by atoms with van der Waals surface area (Å²) in [6.07, 6.45) is 3.39. The maximum Gasteiger partial charge on any atom is 0.302 e. The van der Waals surface area contributed by atoms with Gasteiger partial charge >= 0.3 is 5.97 Å². The van der Waals surface area contributed by atoms with Crippen molar-refractivity contribution in [3.05, 3.63) is 80.9 Å². The Morgan fingerprint density at radius 3 is 2.64 bits per heavy atom. The molecule has 0 fully saturated rings. The second-order valence-corrected chi connectivity index (χ2v) is 12.0. The molecule has 3 aromatic heterocycles. The maximum atomic E-state index is 15.4. The number of nitrogens with one attached hydrogen (secondary N) is 2. The van der Waals surface area contributed by atoms with Crippen LogP contribution in [0.3, 0.4) is 0 Å². The van der Waals surface area contributed by atoms with Crippen molar-refractivity contribution >= 4 is 29.1 Å². The first-order valence-corrected chi connectivity index (χ1v) is 13.9. The molecule has 10 nitrogen and oxygen atoms in total. The van der Waals surface area contributed by atoms with E-state index in [4.69, 9.17) is 4.74 Å². The average Bonchev–Trinajstić information content (AvgIpc) is 3.57. The summed E-state index contributed by atoms with van der Waals surface area (Å²) in [5.41, 5.74) is 5.55. The molecular weight excluding hydrogens is 539 g/mol. The van der Waals surface area contributed by atoms with Gasteiger partial charge in [-0.3, -0.25) is 19.5 Å². The van der Waals surface area contributed by atoms with E-state index in [1.165, 1.54) is 34.9 Å². The SMILES string of the molecule is CC(=O)OCc1c(-c2cc(Nc3cc(C)[nH]n3)c(=O)n(C)c2)cc(F)cc1N1CCn2c(cc3c2CC(C)(C)C3)C1=O. The lowest BCUT2D eigenvalue weighted by Gasteiger charge is -2.32. The minimum absolute atomic E-state index is 0.154. The third-order valence-corrected chi connectivity index (χ3v) is 7.99. The molecular formula is C31H33FN6O4. The largest absolute Gasteiger partial charge is 0.461 e. The van der Waals surface area contributed by atoms with E-state index in [0.29, 0.717) is 47.0 Å². The van der Waals surface area contributed by atoms with Crippen molar-refractivity contribution < 1.29 is 18.7 Å². The summed E-state index contributed by atoms with van der Waals surface area (Å²) in [6.45, 7) is 8.32. The number of amides is 1. The van der Waals surface area contributed by atoms with Gasteiger partial charge in [0.25, 0.3) is 11.5 Å². The molecule has 0 atom stereocenters. The molecule has 0 saturated carbocycles. The van der Waals surface area contributed by atoms with E-state index < -0.39 is 11.8 Å². The molecule has 42 heavy (non-hydrogen) atoms. The monoisotopic (exact) mass is 572 g/mol. The van der Waals surface area contributed by atoms with Gasteiger partial charge in [0.1, 0.15) is 23.8 Å². The van der Waals surface area contributed by atoms with Crippen LogP contribution in [0, 0.1) is 18.2 Å². The Balaban J connectivity index is 1.45. The lowest BCUT2D eigenvalue weighted by Crippen LogP contribution is -2.41. The van der Waals surface area contributed by atoms with Gasteiger partial charge in [0.05, 0.1) is 5.69 Å². The number of benzene rings is 1. The molecule has 0 unspecified atom stereocenters. The van der Waals surface area contributed by atoms with E-state index in [1.807, 2.05) is 13.0 Å². The Bertz CT molecular complexity index is 1810. The van der Waals surface area contributed by atoms with Crippen LogP contribution in [-0.4, -0.2) is 37.8 Å². The number of aryl methyl sites for hydroxylation is 2. The number of halogens is 1. The quantitative estimate of drug-likeness (QED) is 0.326. The standard InChI is InChI=1S/C31H33FN6O4/c1-17-8-28(35-34-17)33-24-9-20(15-36(5)29(24)40)22-11-21(32)12-25(23(22)16-42-18(2)39)38-7-6-37-26(30(38)41)10-19-13-31(3,4)14-27(19)37/h8-12,15H,6-7,13-14,16H2,1-5H3,(H2,33,34,35). The number of hydrogen-bond acceptors (Lipinski definition) is 6. The van der Waals surface area contributed by atoms with Gasteiger partial charge in [-0.15, -0.1) is 0 Å². The van der Waals surface area contributed by atoms with Crippen molar-refractivity contribution in [1.29, 1.82) is 0 Å². The number of nitrogens with zero attached hydrogens (tertiary/aromatic N) is 4. The minimum Gasteiger partial charge on any atom is -0.461 e. The van der Waals surface area contributed by atoms with Crippen LogP contribution >= 0.6 is 0 Å². The highest BCUT2D eigenvalue weighted by molar-refractivity contribution is 6.07. The molecule has 0 saturated heterocycles. The third kappa shape index (κ3) is 4.88.